The van der Waals surface area contributed by atoms with Gasteiger partial charge in [-0.15, -0.1) is 0 Å². The summed E-state index contributed by atoms with van der Waals surface area (Å²) in [5.74, 6) is 0. The molecule has 2 unspecified atom stereocenters. The van der Waals surface area contributed by atoms with E-state index in [1.807, 2.05) is 0 Å². The molecule has 0 heterocycles. The van der Waals surface area contributed by atoms with Gasteiger partial charge in [-0.1, -0.05) is 89.1 Å². The molecule has 1 heteroatoms. The normalized spacial score (nSPS) is 13.6. The van der Waals surface area contributed by atoms with Gasteiger partial charge in [0.05, 0.1) is 12.2 Å². The van der Waals surface area contributed by atoms with E-state index in [4.69, 9.17) is 4.74 Å². The summed E-state index contributed by atoms with van der Waals surface area (Å²) in [7, 11) is 0. The van der Waals surface area contributed by atoms with Gasteiger partial charge in [-0.25, -0.2) is 0 Å². The van der Waals surface area contributed by atoms with E-state index >= 15 is 0 Å². The van der Waals surface area contributed by atoms with Crippen LogP contribution in [0.2, 0.25) is 0 Å². The van der Waals surface area contributed by atoms with Crippen LogP contribution in [0.15, 0.2) is 48.5 Å². The smallest absolute Gasteiger partial charge is 0.0835 e. The quantitative estimate of drug-likeness (QED) is 0.444. The van der Waals surface area contributed by atoms with Gasteiger partial charge < -0.3 is 4.74 Å². The molecule has 136 valence electrons. The van der Waals surface area contributed by atoms with Crippen LogP contribution in [0, 0.1) is 0 Å². The predicted molar refractivity (Wildman–Crippen MR) is 108 cm³/mol. The Morgan fingerprint density at radius 3 is 1.40 bits per heavy atom. The van der Waals surface area contributed by atoms with E-state index < -0.39 is 0 Å². The van der Waals surface area contributed by atoms with Crippen LogP contribution in [-0.4, -0.2) is 0 Å². The fourth-order valence-corrected chi connectivity index (χ4v) is 3.66. The van der Waals surface area contributed by atoms with E-state index in [9.17, 15) is 0 Å². The average Bonchev–Trinajstić information content (AvgIpc) is 2.67. The van der Waals surface area contributed by atoms with Crippen LogP contribution in [0.5, 0.6) is 0 Å². The van der Waals surface area contributed by atoms with Crippen LogP contribution in [-0.2, 0) is 17.6 Å². The number of ether oxygens (including phenoxy) is 1. The summed E-state index contributed by atoms with van der Waals surface area (Å²) in [6.07, 6.45) is 6.91. The molecule has 0 aliphatic heterocycles. The summed E-state index contributed by atoms with van der Waals surface area (Å²) in [4.78, 5) is 0. The molecule has 0 amide bonds. The molecule has 2 aromatic rings. The van der Waals surface area contributed by atoms with Crippen molar-refractivity contribution >= 4 is 0 Å². The molecule has 2 rings (SSSR count). The molecular formula is C24H34O. The van der Waals surface area contributed by atoms with Crippen molar-refractivity contribution < 1.29 is 4.74 Å². The van der Waals surface area contributed by atoms with Crippen molar-refractivity contribution in [3.63, 3.8) is 0 Å². The lowest BCUT2D eigenvalue weighted by molar-refractivity contribution is -0.0254. The van der Waals surface area contributed by atoms with Gasteiger partial charge in [-0.3, -0.25) is 0 Å². The van der Waals surface area contributed by atoms with Gasteiger partial charge in [0.25, 0.3) is 0 Å². The van der Waals surface area contributed by atoms with E-state index in [0.29, 0.717) is 0 Å². The van der Waals surface area contributed by atoms with Crippen LogP contribution >= 0.6 is 0 Å². The maximum atomic E-state index is 6.79. The van der Waals surface area contributed by atoms with Crippen molar-refractivity contribution in [2.24, 2.45) is 0 Å². The summed E-state index contributed by atoms with van der Waals surface area (Å²) < 4.78 is 6.79. The molecule has 0 fully saturated rings. The molecule has 2 atom stereocenters. The number of aryl methyl sites for hydroxylation is 2. The second-order valence-corrected chi connectivity index (χ2v) is 6.80. The van der Waals surface area contributed by atoms with Gasteiger partial charge in [0.15, 0.2) is 0 Å². The first-order valence-corrected chi connectivity index (χ1v) is 10.1. The third kappa shape index (κ3) is 5.19. The predicted octanol–water partition coefficient (Wildman–Crippen LogP) is 7.21. The van der Waals surface area contributed by atoms with Gasteiger partial charge in [0.1, 0.15) is 0 Å². The van der Waals surface area contributed by atoms with Crippen molar-refractivity contribution in [2.75, 3.05) is 0 Å². The molecule has 0 N–H and O–H groups in total. The lowest BCUT2D eigenvalue weighted by Crippen LogP contribution is -2.14. The Kier molecular flexibility index (Phi) is 8.21. The van der Waals surface area contributed by atoms with Crippen molar-refractivity contribution in [1.82, 2.24) is 0 Å². The molecule has 0 radical (unpaired) electrons. The zero-order valence-electron chi connectivity index (χ0n) is 16.4. The highest BCUT2D eigenvalue weighted by atomic mass is 16.5. The van der Waals surface area contributed by atoms with Crippen molar-refractivity contribution in [3.05, 3.63) is 70.8 Å². The van der Waals surface area contributed by atoms with E-state index in [1.54, 1.807) is 0 Å². The lowest BCUT2D eigenvalue weighted by Gasteiger charge is -2.28. The highest BCUT2D eigenvalue weighted by Crippen LogP contribution is 2.35. The maximum absolute atomic E-state index is 6.79. The van der Waals surface area contributed by atoms with E-state index in [2.05, 4.69) is 76.2 Å². The summed E-state index contributed by atoms with van der Waals surface area (Å²) in [6.45, 7) is 8.97. The molecule has 0 saturated heterocycles. The summed E-state index contributed by atoms with van der Waals surface area (Å²) in [6, 6.07) is 17.6. The molecule has 0 aliphatic carbocycles. The number of benzene rings is 2. The minimum absolute atomic E-state index is 0.183. The zero-order chi connectivity index (χ0) is 18.1. The minimum atomic E-state index is 0.183. The number of hydrogen-bond donors (Lipinski definition) is 0. The monoisotopic (exact) mass is 338 g/mol. The van der Waals surface area contributed by atoms with Gasteiger partial charge in [0, 0.05) is 0 Å². The fourth-order valence-electron chi connectivity index (χ4n) is 3.66. The average molecular weight is 339 g/mol. The largest absolute Gasteiger partial charge is 0.366 e. The van der Waals surface area contributed by atoms with Gasteiger partial charge in [-0.05, 0) is 47.9 Å². The number of hydrogen-bond acceptors (Lipinski definition) is 1. The standard InChI is InChI=1S/C24H34O/c1-5-13-23(21-17-11-9-15-19(21)7-3)25-24(14-6-2)22-18-12-10-16-20(22)8-4/h9-12,15-18,23-24H,5-8,13-14H2,1-4H3. The van der Waals surface area contributed by atoms with Crippen LogP contribution < -0.4 is 0 Å². The Bertz CT molecular complexity index is 576. The number of rotatable bonds is 10. The topological polar surface area (TPSA) is 9.23 Å². The first-order chi connectivity index (χ1) is 12.2. The molecule has 1 nitrogen and oxygen atoms in total. The van der Waals surface area contributed by atoms with E-state index in [1.165, 1.54) is 22.3 Å². The van der Waals surface area contributed by atoms with Gasteiger partial charge in [0.2, 0.25) is 0 Å². The fraction of sp³-hybridized carbons (Fsp3) is 0.500. The van der Waals surface area contributed by atoms with Crippen molar-refractivity contribution in [3.8, 4) is 0 Å². The van der Waals surface area contributed by atoms with Crippen LogP contribution in [0.3, 0.4) is 0 Å². The third-order valence-corrected chi connectivity index (χ3v) is 5.00. The lowest BCUT2D eigenvalue weighted by atomic mass is 9.95. The Labute approximate surface area is 154 Å². The Balaban J connectivity index is 2.33. The molecular weight excluding hydrogens is 304 g/mol. The summed E-state index contributed by atoms with van der Waals surface area (Å²) >= 11 is 0. The van der Waals surface area contributed by atoms with E-state index in [0.717, 1.165) is 38.5 Å². The maximum Gasteiger partial charge on any atom is 0.0835 e. The molecule has 0 bridgehead atoms. The first kappa shape index (κ1) is 19.7. The second kappa shape index (κ2) is 10.4. The minimum Gasteiger partial charge on any atom is -0.366 e. The van der Waals surface area contributed by atoms with Crippen molar-refractivity contribution in [1.29, 1.82) is 0 Å². The summed E-state index contributed by atoms with van der Waals surface area (Å²) in [5, 5.41) is 0. The van der Waals surface area contributed by atoms with Crippen LogP contribution in [0.25, 0.3) is 0 Å². The molecule has 0 saturated carbocycles. The molecule has 0 spiro atoms. The highest BCUT2D eigenvalue weighted by Gasteiger charge is 2.22. The molecule has 0 aromatic heterocycles. The molecule has 2 aromatic carbocycles. The van der Waals surface area contributed by atoms with Crippen molar-refractivity contribution in [2.45, 2.75) is 78.4 Å². The molecule has 25 heavy (non-hydrogen) atoms. The van der Waals surface area contributed by atoms with E-state index in [-0.39, 0.29) is 12.2 Å². The van der Waals surface area contributed by atoms with Crippen LogP contribution in [0.4, 0.5) is 0 Å². The van der Waals surface area contributed by atoms with Gasteiger partial charge >= 0.3 is 0 Å². The molecule has 0 aliphatic rings. The third-order valence-electron chi connectivity index (χ3n) is 5.00. The Morgan fingerprint density at radius 2 is 1.04 bits per heavy atom. The van der Waals surface area contributed by atoms with Crippen LogP contribution in [0.1, 0.15) is 87.8 Å². The highest BCUT2D eigenvalue weighted by molar-refractivity contribution is 5.31. The zero-order valence-corrected chi connectivity index (χ0v) is 16.4. The first-order valence-electron chi connectivity index (χ1n) is 10.1. The van der Waals surface area contributed by atoms with Gasteiger partial charge in [-0.2, -0.15) is 0 Å². The summed E-state index contributed by atoms with van der Waals surface area (Å²) in [5.41, 5.74) is 5.59. The Morgan fingerprint density at radius 1 is 0.640 bits per heavy atom. The Hall–Kier alpha value is -1.60. The SMILES string of the molecule is CCCC(OC(CCC)c1ccccc1CC)c1ccccc1CC. The second-order valence-electron chi connectivity index (χ2n) is 6.80.